The van der Waals surface area contributed by atoms with Crippen LogP contribution >= 0.6 is 0 Å². The topological polar surface area (TPSA) is 20.3 Å². The molecular formula is C14H17NO. The molecule has 0 N–H and O–H groups in total. The number of aldehydes is 1. The predicted molar refractivity (Wildman–Crippen MR) is 65.1 cm³/mol. The third-order valence-electron chi connectivity index (χ3n) is 3.94. The summed E-state index contributed by atoms with van der Waals surface area (Å²) in [5.74, 6) is 0. The highest BCUT2D eigenvalue weighted by Gasteiger charge is 2.28. The highest BCUT2D eigenvalue weighted by Crippen LogP contribution is 2.35. The molecule has 0 spiro atoms. The fourth-order valence-corrected chi connectivity index (χ4v) is 3.09. The molecule has 1 saturated carbocycles. The summed E-state index contributed by atoms with van der Waals surface area (Å²) in [6.07, 6.45) is 7.47. The second-order valence-corrected chi connectivity index (χ2v) is 4.89. The average Bonchev–Trinajstić information content (AvgIpc) is 2.96. The standard InChI is InChI=1S/C14H17NO/c16-10-11-5-6-12-7-8-15(14(12)9-11)13-3-1-2-4-13/h5-6,9-10,13H,1-4,7-8H2. The molecule has 2 nitrogen and oxygen atoms in total. The van der Waals surface area contributed by atoms with Crippen molar-refractivity contribution in [3.63, 3.8) is 0 Å². The summed E-state index contributed by atoms with van der Waals surface area (Å²) in [5, 5.41) is 0. The zero-order chi connectivity index (χ0) is 11.0. The molecule has 0 atom stereocenters. The number of nitrogens with zero attached hydrogens (tertiary/aromatic N) is 1. The number of anilines is 1. The van der Waals surface area contributed by atoms with Crippen molar-refractivity contribution in [1.82, 2.24) is 0 Å². The number of hydrogen-bond donors (Lipinski definition) is 0. The van der Waals surface area contributed by atoms with E-state index in [1.807, 2.05) is 6.07 Å². The van der Waals surface area contributed by atoms with Gasteiger partial charge in [-0.2, -0.15) is 0 Å². The van der Waals surface area contributed by atoms with Crippen LogP contribution in [0.1, 0.15) is 41.6 Å². The first-order valence-electron chi connectivity index (χ1n) is 6.23. The normalized spacial score (nSPS) is 20.1. The Hall–Kier alpha value is -1.31. The molecule has 0 bridgehead atoms. The largest absolute Gasteiger partial charge is 0.368 e. The van der Waals surface area contributed by atoms with Gasteiger partial charge >= 0.3 is 0 Å². The number of carbonyl (C=O) groups excluding carboxylic acids is 1. The molecule has 1 fully saturated rings. The smallest absolute Gasteiger partial charge is 0.150 e. The second kappa shape index (κ2) is 3.93. The van der Waals surface area contributed by atoms with Gasteiger partial charge in [-0.05, 0) is 30.9 Å². The minimum absolute atomic E-state index is 0.725. The Morgan fingerprint density at radius 3 is 2.81 bits per heavy atom. The zero-order valence-electron chi connectivity index (χ0n) is 9.48. The molecule has 0 aromatic heterocycles. The Balaban J connectivity index is 1.93. The molecule has 1 aliphatic heterocycles. The molecule has 0 unspecified atom stereocenters. The lowest BCUT2D eigenvalue weighted by Gasteiger charge is -2.26. The first-order chi connectivity index (χ1) is 7.88. The molecule has 3 rings (SSSR count). The zero-order valence-corrected chi connectivity index (χ0v) is 9.48. The molecule has 1 aromatic rings. The van der Waals surface area contributed by atoms with Crippen LogP contribution in [-0.2, 0) is 6.42 Å². The lowest BCUT2D eigenvalue weighted by atomic mass is 10.1. The predicted octanol–water partition coefficient (Wildman–Crippen LogP) is 2.80. The average molecular weight is 215 g/mol. The van der Waals surface area contributed by atoms with Gasteiger partial charge in [0.15, 0.2) is 0 Å². The van der Waals surface area contributed by atoms with Gasteiger partial charge in [-0.25, -0.2) is 0 Å². The maximum atomic E-state index is 10.8. The third kappa shape index (κ3) is 1.53. The second-order valence-electron chi connectivity index (χ2n) is 4.89. The Bertz CT molecular complexity index is 407. The van der Waals surface area contributed by atoms with E-state index in [4.69, 9.17) is 0 Å². The monoisotopic (exact) mass is 215 g/mol. The summed E-state index contributed by atoms with van der Waals surface area (Å²) in [7, 11) is 0. The molecule has 16 heavy (non-hydrogen) atoms. The Kier molecular flexibility index (Phi) is 2.43. The van der Waals surface area contributed by atoms with Crippen LogP contribution in [0.4, 0.5) is 5.69 Å². The third-order valence-corrected chi connectivity index (χ3v) is 3.94. The van der Waals surface area contributed by atoms with Crippen LogP contribution in [0, 0.1) is 0 Å². The lowest BCUT2D eigenvalue weighted by molar-refractivity contribution is 0.112. The van der Waals surface area contributed by atoms with Crippen molar-refractivity contribution in [3.8, 4) is 0 Å². The van der Waals surface area contributed by atoms with Gasteiger partial charge in [0.05, 0.1) is 0 Å². The number of fused-ring (bicyclic) bond motifs is 1. The minimum Gasteiger partial charge on any atom is -0.368 e. The quantitative estimate of drug-likeness (QED) is 0.707. The maximum Gasteiger partial charge on any atom is 0.150 e. The van der Waals surface area contributed by atoms with Crippen molar-refractivity contribution in [2.45, 2.75) is 38.1 Å². The van der Waals surface area contributed by atoms with Crippen molar-refractivity contribution >= 4 is 12.0 Å². The Labute approximate surface area is 96.3 Å². The molecule has 84 valence electrons. The van der Waals surface area contributed by atoms with Crippen molar-refractivity contribution in [2.75, 3.05) is 11.4 Å². The Morgan fingerprint density at radius 2 is 2.06 bits per heavy atom. The molecular weight excluding hydrogens is 198 g/mol. The molecule has 1 aliphatic carbocycles. The van der Waals surface area contributed by atoms with E-state index in [9.17, 15) is 4.79 Å². The summed E-state index contributed by atoms with van der Waals surface area (Å²) < 4.78 is 0. The lowest BCUT2D eigenvalue weighted by Crippen LogP contribution is -2.31. The van der Waals surface area contributed by atoms with E-state index >= 15 is 0 Å². The van der Waals surface area contributed by atoms with Gasteiger partial charge in [0, 0.05) is 23.8 Å². The summed E-state index contributed by atoms with van der Waals surface area (Å²) in [5.41, 5.74) is 3.54. The highest BCUT2D eigenvalue weighted by molar-refractivity contribution is 5.78. The fourth-order valence-electron chi connectivity index (χ4n) is 3.09. The Morgan fingerprint density at radius 1 is 1.25 bits per heavy atom. The molecule has 0 saturated heterocycles. The molecule has 0 radical (unpaired) electrons. The molecule has 1 aromatic carbocycles. The SMILES string of the molecule is O=Cc1ccc2c(c1)N(C1CCCC1)CC2. The first-order valence-corrected chi connectivity index (χ1v) is 6.23. The van der Waals surface area contributed by atoms with Crippen LogP contribution in [0.3, 0.4) is 0 Å². The summed E-state index contributed by atoms with van der Waals surface area (Å²) >= 11 is 0. The van der Waals surface area contributed by atoms with Gasteiger partial charge in [-0.15, -0.1) is 0 Å². The van der Waals surface area contributed by atoms with E-state index in [1.54, 1.807) is 0 Å². The fraction of sp³-hybridized carbons (Fsp3) is 0.500. The molecule has 2 aliphatic rings. The van der Waals surface area contributed by atoms with Gasteiger partial charge in [0.1, 0.15) is 6.29 Å². The van der Waals surface area contributed by atoms with Gasteiger partial charge < -0.3 is 4.90 Å². The number of hydrogen-bond acceptors (Lipinski definition) is 2. The van der Waals surface area contributed by atoms with Crippen LogP contribution in [0.5, 0.6) is 0 Å². The van der Waals surface area contributed by atoms with Crippen LogP contribution in [-0.4, -0.2) is 18.9 Å². The van der Waals surface area contributed by atoms with E-state index in [0.29, 0.717) is 0 Å². The number of benzene rings is 1. The van der Waals surface area contributed by atoms with E-state index < -0.39 is 0 Å². The number of rotatable bonds is 2. The van der Waals surface area contributed by atoms with Crippen LogP contribution in [0.2, 0.25) is 0 Å². The molecule has 0 amide bonds. The van der Waals surface area contributed by atoms with E-state index in [2.05, 4.69) is 17.0 Å². The van der Waals surface area contributed by atoms with Gasteiger partial charge in [-0.3, -0.25) is 4.79 Å². The first kappa shape index (κ1) is 9.88. The van der Waals surface area contributed by atoms with Crippen LogP contribution in [0.15, 0.2) is 18.2 Å². The van der Waals surface area contributed by atoms with Crippen molar-refractivity contribution < 1.29 is 4.79 Å². The highest BCUT2D eigenvalue weighted by atomic mass is 16.1. The van der Waals surface area contributed by atoms with Crippen molar-refractivity contribution in [3.05, 3.63) is 29.3 Å². The van der Waals surface area contributed by atoms with E-state index in [1.165, 1.54) is 36.9 Å². The molecule has 1 heterocycles. The van der Waals surface area contributed by atoms with E-state index in [-0.39, 0.29) is 0 Å². The van der Waals surface area contributed by atoms with Crippen molar-refractivity contribution in [1.29, 1.82) is 0 Å². The molecule has 2 heteroatoms. The van der Waals surface area contributed by atoms with Gasteiger partial charge in [-0.1, -0.05) is 25.0 Å². The van der Waals surface area contributed by atoms with Crippen molar-refractivity contribution in [2.24, 2.45) is 0 Å². The number of carbonyl (C=O) groups is 1. The summed E-state index contributed by atoms with van der Waals surface area (Å²) in [4.78, 5) is 13.3. The van der Waals surface area contributed by atoms with Gasteiger partial charge in [0.25, 0.3) is 0 Å². The summed E-state index contributed by atoms with van der Waals surface area (Å²) in [6, 6.07) is 6.84. The summed E-state index contributed by atoms with van der Waals surface area (Å²) in [6.45, 7) is 1.14. The van der Waals surface area contributed by atoms with Crippen LogP contribution in [0.25, 0.3) is 0 Å². The minimum atomic E-state index is 0.725. The van der Waals surface area contributed by atoms with E-state index in [0.717, 1.165) is 30.9 Å². The maximum absolute atomic E-state index is 10.8. The van der Waals surface area contributed by atoms with Crippen LogP contribution < -0.4 is 4.90 Å². The van der Waals surface area contributed by atoms with Gasteiger partial charge in [0.2, 0.25) is 0 Å².